The summed E-state index contributed by atoms with van der Waals surface area (Å²) in [4.78, 5) is 13.4. The Kier molecular flexibility index (Phi) is 4.90. The van der Waals surface area contributed by atoms with Crippen LogP contribution in [0, 0.1) is 11.3 Å². The lowest BCUT2D eigenvalue weighted by molar-refractivity contribution is -0.150. The zero-order valence-electron chi connectivity index (χ0n) is 22.4. The minimum atomic E-state index is -1.43. The summed E-state index contributed by atoms with van der Waals surface area (Å²) in [5.74, 6) is -0.467. The van der Waals surface area contributed by atoms with Crippen molar-refractivity contribution in [2.75, 3.05) is 6.61 Å². The van der Waals surface area contributed by atoms with Gasteiger partial charge in [-0.1, -0.05) is 65.6 Å². The first-order valence-corrected chi connectivity index (χ1v) is 10.8. The number of hydrogen-bond donors (Lipinski definition) is 0. The third-order valence-electron chi connectivity index (χ3n) is 5.19. The average Bonchev–Trinajstić information content (AvgIpc) is 3.51. The fourth-order valence-electron chi connectivity index (χ4n) is 3.47. The van der Waals surface area contributed by atoms with E-state index in [1.807, 2.05) is 13.0 Å². The van der Waals surface area contributed by atoms with Gasteiger partial charge in [0.25, 0.3) is 0 Å². The molecule has 2 atom stereocenters. The lowest BCUT2D eigenvalue weighted by Gasteiger charge is -2.20. The van der Waals surface area contributed by atoms with Crippen molar-refractivity contribution < 1.29 is 25.9 Å². The Hall–Kier alpha value is -3.20. The number of esters is 1. The van der Waals surface area contributed by atoms with Gasteiger partial charge in [-0.15, -0.1) is 0 Å². The summed E-state index contributed by atoms with van der Waals surface area (Å²) < 4.78 is 54.6. The van der Waals surface area contributed by atoms with Gasteiger partial charge in [-0.05, 0) is 48.8 Å². The largest absolute Gasteiger partial charge is 0.494 e. The summed E-state index contributed by atoms with van der Waals surface area (Å²) in [6, 6.07) is 11.9. The highest BCUT2D eigenvalue weighted by molar-refractivity contribution is 6.54. The van der Waals surface area contributed by atoms with E-state index in [4.69, 9.17) is 44.3 Å². The zero-order chi connectivity index (χ0) is 27.8. The van der Waals surface area contributed by atoms with E-state index >= 15 is 0 Å². The van der Waals surface area contributed by atoms with Gasteiger partial charge in [0.05, 0.1) is 13.5 Å². The lowest BCUT2D eigenvalue weighted by Crippen LogP contribution is -2.30. The summed E-state index contributed by atoms with van der Waals surface area (Å²) in [7, 11) is 0. The molecule has 0 aromatic heterocycles. The van der Waals surface area contributed by atoms with Crippen LogP contribution in [0.5, 0.6) is 17.2 Å². The molecule has 1 aliphatic rings. The third kappa shape index (κ3) is 4.64. The monoisotopic (exact) mass is 486 g/mol. The van der Waals surface area contributed by atoms with Crippen molar-refractivity contribution in [2.24, 2.45) is 0 Å². The number of nitriles is 1. The van der Waals surface area contributed by atoms with Crippen LogP contribution in [0.3, 0.4) is 0 Å². The summed E-state index contributed by atoms with van der Waals surface area (Å²) in [5, 5.41) is 9.80. The smallest absolute Gasteiger partial charge is 0.321 e. The number of alkyl halides is 2. The number of carbonyl (C=O) groups is 1. The number of halogens is 2. The van der Waals surface area contributed by atoms with Crippen LogP contribution in [0.15, 0.2) is 78.7 Å². The van der Waals surface area contributed by atoms with E-state index in [9.17, 15) is 10.1 Å². The molecule has 4 rings (SSSR count). The van der Waals surface area contributed by atoms with Crippen molar-refractivity contribution in [2.45, 2.75) is 29.2 Å². The SMILES string of the molecule is [2H]c1c([2H])c([2H])c(Oc2cccc(C(C#N)OC(=O)C3(c4ccc(OCC)cc4)CC3(Cl)Cl)c2)c([2H])c1[2H]. The first-order valence-electron chi connectivity index (χ1n) is 12.5. The average molecular weight is 487 g/mol. The lowest BCUT2D eigenvalue weighted by atomic mass is 9.95. The second-order valence-electron chi connectivity index (χ2n) is 7.29. The van der Waals surface area contributed by atoms with Gasteiger partial charge in [0, 0.05) is 12.0 Å². The molecule has 1 fully saturated rings. The van der Waals surface area contributed by atoms with Crippen molar-refractivity contribution in [3.05, 3.63) is 89.9 Å². The van der Waals surface area contributed by atoms with E-state index in [1.54, 1.807) is 24.3 Å². The molecular weight excluding hydrogens is 461 g/mol. The molecule has 0 aliphatic heterocycles. The molecule has 3 aromatic rings. The minimum Gasteiger partial charge on any atom is -0.494 e. The maximum absolute atomic E-state index is 13.4. The summed E-state index contributed by atoms with van der Waals surface area (Å²) in [6.07, 6.45) is -1.28. The Morgan fingerprint density at radius 1 is 1.12 bits per heavy atom. The molecule has 0 amide bonds. The summed E-state index contributed by atoms with van der Waals surface area (Å²) in [6.45, 7) is 2.33. The fraction of sp³-hybridized carbons (Fsp3) is 0.231. The Morgan fingerprint density at radius 3 is 2.42 bits per heavy atom. The van der Waals surface area contributed by atoms with E-state index in [0.717, 1.165) is 0 Å². The molecule has 0 heterocycles. The van der Waals surface area contributed by atoms with E-state index in [0.29, 0.717) is 17.9 Å². The summed E-state index contributed by atoms with van der Waals surface area (Å²) in [5.41, 5.74) is -0.619. The maximum atomic E-state index is 13.4. The van der Waals surface area contributed by atoms with Crippen LogP contribution in [-0.2, 0) is 14.9 Å². The van der Waals surface area contributed by atoms with Crippen molar-refractivity contribution >= 4 is 29.2 Å². The van der Waals surface area contributed by atoms with Gasteiger partial charge in [0.15, 0.2) is 0 Å². The van der Waals surface area contributed by atoms with Crippen LogP contribution < -0.4 is 9.47 Å². The molecule has 7 heteroatoms. The third-order valence-corrected chi connectivity index (χ3v) is 6.11. The molecule has 0 spiro atoms. The second kappa shape index (κ2) is 9.35. The predicted octanol–water partition coefficient (Wildman–Crippen LogP) is 6.50. The maximum Gasteiger partial charge on any atom is 0.321 e. The number of para-hydroxylation sites is 1. The normalized spacial score (nSPS) is 21.2. The van der Waals surface area contributed by atoms with Gasteiger partial charge in [-0.25, -0.2) is 0 Å². The second-order valence-corrected chi connectivity index (χ2v) is 8.77. The number of nitrogens with zero attached hydrogens (tertiary/aromatic N) is 1. The van der Waals surface area contributed by atoms with Crippen LogP contribution in [-0.4, -0.2) is 16.9 Å². The van der Waals surface area contributed by atoms with E-state index in [1.165, 1.54) is 24.3 Å². The van der Waals surface area contributed by atoms with Crippen molar-refractivity contribution in [1.82, 2.24) is 0 Å². The van der Waals surface area contributed by atoms with Crippen molar-refractivity contribution in [3.8, 4) is 23.3 Å². The van der Waals surface area contributed by atoms with Crippen LogP contribution in [0.4, 0.5) is 0 Å². The molecule has 3 aromatic carbocycles. The molecule has 1 aliphatic carbocycles. The van der Waals surface area contributed by atoms with Gasteiger partial charge in [0.1, 0.15) is 33.1 Å². The van der Waals surface area contributed by atoms with Crippen LogP contribution in [0.1, 0.15) is 37.4 Å². The van der Waals surface area contributed by atoms with Gasteiger partial charge < -0.3 is 14.2 Å². The topological polar surface area (TPSA) is 68.5 Å². The van der Waals surface area contributed by atoms with Gasteiger partial charge in [-0.2, -0.15) is 5.26 Å². The van der Waals surface area contributed by atoms with Crippen molar-refractivity contribution in [1.29, 1.82) is 5.26 Å². The first kappa shape index (κ1) is 17.3. The number of carbonyl (C=O) groups excluding carboxylic acids is 1. The highest BCUT2D eigenvalue weighted by Gasteiger charge is 2.73. The highest BCUT2D eigenvalue weighted by atomic mass is 35.5. The molecule has 33 heavy (non-hydrogen) atoms. The van der Waals surface area contributed by atoms with Crippen LogP contribution >= 0.6 is 23.2 Å². The fourth-order valence-corrected chi connectivity index (χ4v) is 4.24. The Labute approximate surface area is 209 Å². The Morgan fingerprint density at radius 2 is 1.82 bits per heavy atom. The zero-order valence-corrected chi connectivity index (χ0v) is 19.0. The molecule has 168 valence electrons. The predicted molar refractivity (Wildman–Crippen MR) is 126 cm³/mol. The Bertz CT molecular complexity index is 1420. The molecule has 0 N–H and O–H groups in total. The number of hydrogen-bond acceptors (Lipinski definition) is 5. The highest BCUT2D eigenvalue weighted by Crippen LogP contribution is 2.65. The van der Waals surface area contributed by atoms with Crippen molar-refractivity contribution in [3.63, 3.8) is 0 Å². The first-order chi connectivity index (χ1) is 18.0. The van der Waals surface area contributed by atoms with Crippen LogP contribution in [0.25, 0.3) is 0 Å². The van der Waals surface area contributed by atoms with E-state index in [-0.39, 0.29) is 23.5 Å². The molecule has 0 radical (unpaired) electrons. The quantitative estimate of drug-likeness (QED) is 0.268. The standard InChI is InChI=1S/C26H21Cl2NO4/c1-2-31-20-13-11-19(12-14-20)25(17-26(25,27)28)24(30)33-23(16-29)18-7-6-10-22(15-18)32-21-8-4-3-5-9-21/h3-15,23H,2,17H2,1H3/i3D,4D,5D,8D,9D. The minimum absolute atomic E-state index is 0.0778. The summed E-state index contributed by atoms with van der Waals surface area (Å²) >= 11 is 12.8. The molecular formula is C26H21Cl2NO4. The molecule has 2 unspecified atom stereocenters. The van der Waals surface area contributed by atoms with E-state index in [2.05, 4.69) is 0 Å². The number of benzene rings is 3. The molecule has 1 saturated carbocycles. The number of ether oxygens (including phenoxy) is 3. The Balaban J connectivity index is 1.59. The molecule has 0 saturated heterocycles. The number of rotatable bonds is 8. The van der Waals surface area contributed by atoms with Gasteiger partial charge >= 0.3 is 5.97 Å². The van der Waals surface area contributed by atoms with Gasteiger partial charge in [0.2, 0.25) is 6.10 Å². The van der Waals surface area contributed by atoms with E-state index < -0.39 is 52.0 Å². The van der Waals surface area contributed by atoms with Gasteiger partial charge in [-0.3, -0.25) is 4.79 Å². The molecule has 0 bridgehead atoms. The van der Waals surface area contributed by atoms with Crippen LogP contribution in [0.2, 0.25) is 0 Å². The molecule has 5 nitrogen and oxygen atoms in total.